The van der Waals surface area contributed by atoms with Gasteiger partial charge in [0, 0.05) is 11.3 Å². The molecule has 3 rings (SSSR count). The lowest BCUT2D eigenvalue weighted by atomic mass is 10.1. The van der Waals surface area contributed by atoms with Gasteiger partial charge in [-0.25, -0.2) is 12.7 Å². The second-order valence-corrected chi connectivity index (χ2v) is 8.99. The van der Waals surface area contributed by atoms with Crippen LogP contribution in [0.1, 0.15) is 28.4 Å². The van der Waals surface area contributed by atoms with E-state index in [0.29, 0.717) is 9.99 Å². The molecule has 1 aliphatic rings. The molecule has 0 aliphatic carbocycles. The molecule has 1 heterocycles. The average molecular weight is 407 g/mol. The molecule has 1 N–H and O–H groups in total. The van der Waals surface area contributed by atoms with Gasteiger partial charge in [-0.05, 0) is 49.2 Å². The number of halogens is 1. The number of carbonyl (C=O) groups is 2. The molecule has 2 amide bonds. The maximum atomic E-state index is 12.7. The van der Waals surface area contributed by atoms with Crippen molar-refractivity contribution in [3.05, 3.63) is 58.1 Å². The van der Waals surface area contributed by atoms with Crippen LogP contribution in [0.3, 0.4) is 0 Å². The van der Waals surface area contributed by atoms with Crippen LogP contribution in [0.25, 0.3) is 0 Å². The zero-order chi connectivity index (χ0) is 19.9. The molecular weight excluding hydrogens is 388 g/mol. The number of rotatable bonds is 3. The predicted octanol–water partition coefficient (Wildman–Crippen LogP) is 3.52. The van der Waals surface area contributed by atoms with E-state index in [1.165, 1.54) is 18.2 Å². The van der Waals surface area contributed by atoms with Crippen LogP contribution in [-0.2, 0) is 14.8 Å². The number of nitrogens with zero attached hydrogens (tertiary/aromatic N) is 1. The van der Waals surface area contributed by atoms with Gasteiger partial charge in [0.05, 0.1) is 22.4 Å². The van der Waals surface area contributed by atoms with Crippen LogP contribution in [-0.4, -0.2) is 26.0 Å². The smallest absolute Gasteiger partial charge is 0.255 e. The summed E-state index contributed by atoms with van der Waals surface area (Å²) in [6.45, 7) is 5.34. The molecule has 2 aromatic rings. The number of benzene rings is 2. The first-order valence-electron chi connectivity index (χ1n) is 8.35. The van der Waals surface area contributed by atoms with Crippen molar-refractivity contribution in [2.24, 2.45) is 5.92 Å². The number of anilines is 2. The van der Waals surface area contributed by atoms with E-state index in [0.717, 1.165) is 11.1 Å². The molecule has 1 atom stereocenters. The van der Waals surface area contributed by atoms with Gasteiger partial charge in [-0.2, -0.15) is 0 Å². The zero-order valence-electron chi connectivity index (χ0n) is 15.1. The van der Waals surface area contributed by atoms with Crippen LogP contribution >= 0.6 is 11.6 Å². The lowest BCUT2D eigenvalue weighted by Crippen LogP contribution is -2.30. The molecule has 1 saturated heterocycles. The van der Waals surface area contributed by atoms with Gasteiger partial charge in [0.2, 0.25) is 15.9 Å². The van der Waals surface area contributed by atoms with E-state index < -0.39 is 27.8 Å². The van der Waals surface area contributed by atoms with Crippen LogP contribution in [0.2, 0.25) is 5.02 Å². The SMILES string of the molecule is Cc1ccc(C)c(NC(=O)c2ccc(Cl)c(N3C(=O)C(C)CS3(=O)=O)c2)c1. The van der Waals surface area contributed by atoms with Crippen molar-refractivity contribution < 1.29 is 18.0 Å². The molecule has 27 heavy (non-hydrogen) atoms. The van der Waals surface area contributed by atoms with Gasteiger partial charge in [0.15, 0.2) is 0 Å². The Bertz CT molecular complexity index is 1050. The maximum Gasteiger partial charge on any atom is 0.255 e. The molecule has 2 aromatic carbocycles. The summed E-state index contributed by atoms with van der Waals surface area (Å²) in [6, 6.07) is 9.92. The van der Waals surface area contributed by atoms with Crippen LogP contribution in [0.5, 0.6) is 0 Å². The lowest BCUT2D eigenvalue weighted by Gasteiger charge is -2.18. The molecule has 0 aromatic heterocycles. The van der Waals surface area contributed by atoms with Crippen LogP contribution < -0.4 is 9.62 Å². The van der Waals surface area contributed by atoms with Gasteiger partial charge >= 0.3 is 0 Å². The number of sulfonamides is 1. The van der Waals surface area contributed by atoms with E-state index in [4.69, 9.17) is 11.6 Å². The summed E-state index contributed by atoms with van der Waals surface area (Å²) in [5.41, 5.74) is 2.76. The third kappa shape index (κ3) is 3.70. The molecule has 0 radical (unpaired) electrons. The summed E-state index contributed by atoms with van der Waals surface area (Å²) in [6.07, 6.45) is 0. The van der Waals surface area contributed by atoms with E-state index in [1.54, 1.807) is 6.92 Å². The minimum atomic E-state index is -3.81. The van der Waals surface area contributed by atoms with Crippen molar-refractivity contribution in [3.8, 4) is 0 Å². The highest BCUT2D eigenvalue weighted by Gasteiger charge is 2.43. The fraction of sp³-hybridized carbons (Fsp3) is 0.263. The Kier molecular flexibility index (Phi) is 5.01. The molecule has 1 aliphatic heterocycles. The van der Waals surface area contributed by atoms with Crippen molar-refractivity contribution in [1.82, 2.24) is 0 Å². The molecule has 8 heteroatoms. The fourth-order valence-corrected chi connectivity index (χ4v) is 5.02. The Morgan fingerprint density at radius 2 is 1.89 bits per heavy atom. The highest BCUT2D eigenvalue weighted by atomic mass is 35.5. The fourth-order valence-electron chi connectivity index (χ4n) is 2.94. The quantitative estimate of drug-likeness (QED) is 0.845. The first kappa shape index (κ1) is 19.4. The molecule has 1 unspecified atom stereocenters. The van der Waals surface area contributed by atoms with Gasteiger partial charge in [0.25, 0.3) is 5.91 Å². The van der Waals surface area contributed by atoms with E-state index >= 15 is 0 Å². The summed E-state index contributed by atoms with van der Waals surface area (Å²) >= 11 is 6.14. The summed E-state index contributed by atoms with van der Waals surface area (Å²) in [5.74, 6) is -1.90. The van der Waals surface area contributed by atoms with E-state index in [2.05, 4.69) is 5.32 Å². The summed E-state index contributed by atoms with van der Waals surface area (Å²) in [7, 11) is -3.81. The van der Waals surface area contributed by atoms with Crippen molar-refractivity contribution in [3.63, 3.8) is 0 Å². The van der Waals surface area contributed by atoms with Gasteiger partial charge in [-0.1, -0.05) is 30.7 Å². The standard InChI is InChI=1S/C19H19ClN2O4S/c1-11-4-5-12(2)16(8-11)21-18(23)14-6-7-15(20)17(9-14)22-19(24)13(3)10-27(22,25)26/h4-9,13H,10H2,1-3H3,(H,21,23). The van der Waals surface area contributed by atoms with Gasteiger partial charge in [-0.3, -0.25) is 9.59 Å². The minimum absolute atomic E-state index is 0.000342. The number of amides is 2. The van der Waals surface area contributed by atoms with Crippen molar-refractivity contribution in [2.45, 2.75) is 20.8 Å². The summed E-state index contributed by atoms with van der Waals surface area (Å²) in [5, 5.41) is 2.90. The highest BCUT2D eigenvalue weighted by Crippen LogP contribution is 2.34. The number of aryl methyl sites for hydroxylation is 2. The maximum absolute atomic E-state index is 12.7. The first-order valence-corrected chi connectivity index (χ1v) is 10.3. The van der Waals surface area contributed by atoms with Crippen LogP contribution in [0, 0.1) is 19.8 Å². The Morgan fingerprint density at radius 1 is 1.19 bits per heavy atom. The van der Waals surface area contributed by atoms with Crippen molar-refractivity contribution in [1.29, 1.82) is 0 Å². The Labute approximate surface area is 163 Å². The topological polar surface area (TPSA) is 83.6 Å². The lowest BCUT2D eigenvalue weighted by molar-refractivity contribution is -0.119. The second kappa shape index (κ2) is 6.98. The predicted molar refractivity (Wildman–Crippen MR) is 106 cm³/mol. The third-order valence-corrected chi connectivity index (χ3v) is 6.60. The number of hydrogen-bond donors (Lipinski definition) is 1. The van der Waals surface area contributed by atoms with Gasteiger partial charge in [0.1, 0.15) is 0 Å². The third-order valence-electron chi connectivity index (χ3n) is 4.43. The minimum Gasteiger partial charge on any atom is -0.322 e. The molecule has 0 spiro atoms. The Balaban J connectivity index is 1.97. The van der Waals surface area contributed by atoms with Crippen molar-refractivity contribution in [2.75, 3.05) is 15.4 Å². The van der Waals surface area contributed by atoms with Gasteiger partial charge in [-0.15, -0.1) is 0 Å². The number of carbonyl (C=O) groups excluding carboxylic acids is 2. The monoisotopic (exact) mass is 406 g/mol. The zero-order valence-corrected chi connectivity index (χ0v) is 16.7. The first-order chi connectivity index (χ1) is 12.6. The summed E-state index contributed by atoms with van der Waals surface area (Å²) in [4.78, 5) is 25.0. The number of nitrogens with one attached hydrogen (secondary N) is 1. The molecule has 0 bridgehead atoms. The molecule has 1 fully saturated rings. The average Bonchev–Trinajstić information content (AvgIpc) is 2.79. The van der Waals surface area contributed by atoms with E-state index in [9.17, 15) is 18.0 Å². The number of hydrogen-bond acceptors (Lipinski definition) is 4. The second-order valence-electron chi connectivity index (χ2n) is 6.72. The largest absolute Gasteiger partial charge is 0.322 e. The van der Waals surface area contributed by atoms with Crippen LogP contribution in [0.15, 0.2) is 36.4 Å². The Hall–Kier alpha value is -2.38. The Morgan fingerprint density at radius 3 is 2.52 bits per heavy atom. The molecular formula is C19H19ClN2O4S. The van der Waals surface area contributed by atoms with Crippen molar-refractivity contribution >= 4 is 44.8 Å². The van der Waals surface area contributed by atoms with E-state index in [-0.39, 0.29) is 22.0 Å². The van der Waals surface area contributed by atoms with Crippen LogP contribution in [0.4, 0.5) is 11.4 Å². The molecule has 142 valence electrons. The normalized spacial score (nSPS) is 18.6. The molecule has 0 saturated carbocycles. The summed E-state index contributed by atoms with van der Waals surface area (Å²) < 4.78 is 25.4. The molecule has 6 nitrogen and oxygen atoms in total. The highest BCUT2D eigenvalue weighted by molar-refractivity contribution is 7.94. The van der Waals surface area contributed by atoms with E-state index in [1.807, 2.05) is 32.0 Å². The van der Waals surface area contributed by atoms with Gasteiger partial charge < -0.3 is 5.32 Å².